The van der Waals surface area contributed by atoms with Crippen LogP contribution < -0.4 is 5.73 Å². The minimum Gasteiger partial charge on any atom is -0.377 e. The van der Waals surface area contributed by atoms with Crippen molar-refractivity contribution in [1.29, 1.82) is 0 Å². The number of hydrogen-bond donors (Lipinski definition) is 1. The molecule has 2 heteroatoms. The van der Waals surface area contributed by atoms with Crippen LogP contribution in [0.2, 0.25) is 0 Å². The molecule has 0 aliphatic carbocycles. The summed E-state index contributed by atoms with van der Waals surface area (Å²) in [5.41, 5.74) is 6.65. The first-order valence-corrected chi connectivity index (χ1v) is 6.43. The van der Waals surface area contributed by atoms with Gasteiger partial charge in [-0.25, -0.2) is 0 Å². The van der Waals surface area contributed by atoms with E-state index in [0.29, 0.717) is 6.61 Å². The normalized spacial score (nSPS) is 11.1. The molecule has 0 aliphatic heterocycles. The summed E-state index contributed by atoms with van der Waals surface area (Å²) in [6.45, 7) is 2.36. The van der Waals surface area contributed by atoms with Gasteiger partial charge in [-0.05, 0) is 24.9 Å². The lowest BCUT2D eigenvalue weighted by atomic mass is 10.2. The first-order chi connectivity index (χ1) is 8.43. The van der Waals surface area contributed by atoms with E-state index in [1.165, 1.54) is 18.4 Å². The minimum atomic E-state index is 0.700. The molecule has 0 saturated heterocycles. The van der Waals surface area contributed by atoms with Crippen molar-refractivity contribution in [3.63, 3.8) is 0 Å². The summed E-state index contributed by atoms with van der Waals surface area (Å²) in [5, 5.41) is 0. The molecule has 0 unspecified atom stereocenters. The van der Waals surface area contributed by atoms with Crippen molar-refractivity contribution in [1.82, 2.24) is 0 Å². The van der Waals surface area contributed by atoms with Gasteiger partial charge < -0.3 is 10.5 Å². The van der Waals surface area contributed by atoms with E-state index in [0.717, 1.165) is 26.0 Å². The van der Waals surface area contributed by atoms with Gasteiger partial charge in [-0.15, -0.1) is 0 Å². The second-order valence-electron chi connectivity index (χ2n) is 4.09. The Bertz CT molecular complexity index is 295. The maximum Gasteiger partial charge on any atom is 0.0650 e. The summed E-state index contributed by atoms with van der Waals surface area (Å²) in [4.78, 5) is 0. The van der Waals surface area contributed by atoms with Gasteiger partial charge in [0, 0.05) is 6.61 Å². The molecule has 0 heterocycles. The van der Waals surface area contributed by atoms with Crippen LogP contribution in [0.25, 0.3) is 6.08 Å². The second-order valence-corrected chi connectivity index (χ2v) is 4.09. The monoisotopic (exact) mass is 233 g/mol. The quantitative estimate of drug-likeness (QED) is 0.665. The molecule has 0 bridgehead atoms. The Hall–Kier alpha value is -1.12. The number of nitrogens with two attached hydrogens (primary N) is 1. The smallest absolute Gasteiger partial charge is 0.0650 e. The van der Waals surface area contributed by atoms with Crippen LogP contribution in [0.15, 0.2) is 36.4 Å². The Morgan fingerprint density at radius 3 is 2.53 bits per heavy atom. The van der Waals surface area contributed by atoms with Gasteiger partial charge in [0.15, 0.2) is 0 Å². The third-order valence-electron chi connectivity index (χ3n) is 2.57. The topological polar surface area (TPSA) is 35.2 Å². The predicted molar refractivity (Wildman–Crippen MR) is 73.8 cm³/mol. The van der Waals surface area contributed by atoms with Crippen molar-refractivity contribution in [3.8, 4) is 0 Å². The minimum absolute atomic E-state index is 0.700. The van der Waals surface area contributed by atoms with Crippen LogP contribution in [0, 0.1) is 0 Å². The van der Waals surface area contributed by atoms with Crippen molar-refractivity contribution in [3.05, 3.63) is 42.0 Å². The van der Waals surface area contributed by atoms with E-state index in [2.05, 4.69) is 24.3 Å². The SMILES string of the molecule is NCCCCCCOCC=Cc1ccccc1. The number of benzene rings is 1. The van der Waals surface area contributed by atoms with Crippen molar-refractivity contribution < 1.29 is 4.74 Å². The molecule has 0 amide bonds. The zero-order valence-corrected chi connectivity index (χ0v) is 10.5. The molecule has 0 fully saturated rings. The molecular formula is C15H23NO. The molecule has 0 saturated carbocycles. The molecule has 1 aromatic rings. The van der Waals surface area contributed by atoms with Crippen LogP contribution in [-0.4, -0.2) is 19.8 Å². The van der Waals surface area contributed by atoms with Crippen LogP contribution >= 0.6 is 0 Å². The Kier molecular flexibility index (Phi) is 8.25. The largest absolute Gasteiger partial charge is 0.377 e. The van der Waals surface area contributed by atoms with Gasteiger partial charge in [-0.1, -0.05) is 55.3 Å². The predicted octanol–water partition coefficient (Wildman–Crippen LogP) is 3.24. The van der Waals surface area contributed by atoms with E-state index in [1.54, 1.807) is 0 Å². The lowest BCUT2D eigenvalue weighted by Crippen LogP contribution is -1.99. The summed E-state index contributed by atoms with van der Waals surface area (Å²) in [6.07, 6.45) is 8.87. The summed E-state index contributed by atoms with van der Waals surface area (Å²) in [7, 11) is 0. The number of ether oxygens (including phenoxy) is 1. The van der Waals surface area contributed by atoms with Crippen LogP contribution in [-0.2, 0) is 4.74 Å². The Morgan fingerprint density at radius 1 is 1.00 bits per heavy atom. The van der Waals surface area contributed by atoms with E-state index in [9.17, 15) is 0 Å². The van der Waals surface area contributed by atoms with Crippen LogP contribution in [0.4, 0.5) is 0 Å². The molecule has 0 spiro atoms. The fourth-order valence-electron chi connectivity index (χ4n) is 1.60. The maximum atomic E-state index is 5.52. The summed E-state index contributed by atoms with van der Waals surface area (Å²) >= 11 is 0. The highest BCUT2D eigenvalue weighted by Crippen LogP contribution is 2.01. The maximum absolute atomic E-state index is 5.52. The standard InChI is InChI=1S/C15H23NO/c16-12-6-1-2-7-13-17-14-8-11-15-9-4-3-5-10-15/h3-5,8-11H,1-2,6-7,12-14,16H2. The molecule has 0 radical (unpaired) electrons. The van der Waals surface area contributed by atoms with Crippen molar-refractivity contribution in [2.75, 3.05) is 19.8 Å². The van der Waals surface area contributed by atoms with Crippen molar-refractivity contribution in [2.24, 2.45) is 5.73 Å². The van der Waals surface area contributed by atoms with Crippen LogP contribution in [0.5, 0.6) is 0 Å². The average Bonchev–Trinajstić information content (AvgIpc) is 2.38. The van der Waals surface area contributed by atoms with Gasteiger partial charge in [0.05, 0.1) is 6.61 Å². The Balaban J connectivity index is 1.95. The number of hydrogen-bond acceptors (Lipinski definition) is 2. The summed E-state index contributed by atoms with van der Waals surface area (Å²) < 4.78 is 5.52. The molecule has 94 valence electrons. The van der Waals surface area contributed by atoms with Crippen LogP contribution in [0.1, 0.15) is 31.2 Å². The molecular weight excluding hydrogens is 210 g/mol. The highest BCUT2D eigenvalue weighted by molar-refractivity contribution is 5.48. The van der Waals surface area contributed by atoms with E-state index in [-0.39, 0.29) is 0 Å². The zero-order valence-electron chi connectivity index (χ0n) is 10.5. The molecule has 0 atom stereocenters. The molecule has 0 aromatic heterocycles. The van der Waals surface area contributed by atoms with Gasteiger partial charge in [0.1, 0.15) is 0 Å². The third-order valence-corrected chi connectivity index (χ3v) is 2.57. The fourth-order valence-corrected chi connectivity index (χ4v) is 1.60. The highest BCUT2D eigenvalue weighted by Gasteiger charge is 1.89. The lowest BCUT2D eigenvalue weighted by Gasteiger charge is -2.00. The van der Waals surface area contributed by atoms with Crippen LogP contribution in [0.3, 0.4) is 0 Å². The van der Waals surface area contributed by atoms with Crippen molar-refractivity contribution >= 4 is 6.08 Å². The lowest BCUT2D eigenvalue weighted by molar-refractivity contribution is 0.157. The van der Waals surface area contributed by atoms with Gasteiger partial charge in [0.25, 0.3) is 0 Å². The number of unbranched alkanes of at least 4 members (excludes halogenated alkanes) is 3. The van der Waals surface area contributed by atoms with E-state index >= 15 is 0 Å². The first-order valence-electron chi connectivity index (χ1n) is 6.43. The molecule has 0 aliphatic rings. The van der Waals surface area contributed by atoms with Gasteiger partial charge in [-0.3, -0.25) is 0 Å². The zero-order chi connectivity index (χ0) is 12.2. The van der Waals surface area contributed by atoms with Gasteiger partial charge in [0.2, 0.25) is 0 Å². The molecule has 1 rings (SSSR count). The fraction of sp³-hybridized carbons (Fsp3) is 0.467. The Morgan fingerprint density at radius 2 is 1.76 bits per heavy atom. The van der Waals surface area contributed by atoms with Gasteiger partial charge >= 0.3 is 0 Å². The Labute approximate surface area is 104 Å². The molecule has 2 nitrogen and oxygen atoms in total. The van der Waals surface area contributed by atoms with Gasteiger partial charge in [-0.2, -0.15) is 0 Å². The van der Waals surface area contributed by atoms with E-state index in [1.807, 2.05) is 18.2 Å². The third kappa shape index (κ3) is 7.72. The highest BCUT2D eigenvalue weighted by atomic mass is 16.5. The summed E-state index contributed by atoms with van der Waals surface area (Å²) in [6, 6.07) is 10.3. The first kappa shape index (κ1) is 13.9. The molecule has 17 heavy (non-hydrogen) atoms. The molecule has 1 aromatic carbocycles. The summed E-state index contributed by atoms with van der Waals surface area (Å²) in [5.74, 6) is 0. The van der Waals surface area contributed by atoms with E-state index in [4.69, 9.17) is 10.5 Å². The van der Waals surface area contributed by atoms with Crippen molar-refractivity contribution in [2.45, 2.75) is 25.7 Å². The molecule has 2 N–H and O–H groups in total. The van der Waals surface area contributed by atoms with E-state index < -0.39 is 0 Å². The second kappa shape index (κ2) is 10.1. The average molecular weight is 233 g/mol. The number of rotatable bonds is 9.